The zero-order chi connectivity index (χ0) is 21.0. The minimum atomic E-state index is -0.415. The second-order valence-electron chi connectivity index (χ2n) is 8.40. The lowest BCUT2D eigenvalue weighted by atomic mass is 9.85. The van der Waals surface area contributed by atoms with E-state index in [-0.39, 0.29) is 12.0 Å². The smallest absolute Gasteiger partial charge is 0.349 e. The fraction of sp³-hybridized carbons (Fsp3) is 0.269. The van der Waals surface area contributed by atoms with Crippen molar-refractivity contribution in [3.8, 4) is 22.6 Å². The SMILES string of the molecule is Cc1ccc(-c2ccc(OCC(=O)Oc3ccc(C)cc3C(C)(C)C)cc2)cc1. The van der Waals surface area contributed by atoms with Gasteiger partial charge in [-0.25, -0.2) is 4.79 Å². The number of hydrogen-bond acceptors (Lipinski definition) is 3. The first-order valence-corrected chi connectivity index (χ1v) is 9.84. The lowest BCUT2D eigenvalue weighted by molar-refractivity contribution is -0.136. The van der Waals surface area contributed by atoms with E-state index in [1.165, 1.54) is 5.56 Å². The van der Waals surface area contributed by atoms with Crippen LogP contribution in [0.15, 0.2) is 66.7 Å². The Morgan fingerprint density at radius 1 is 0.793 bits per heavy atom. The summed E-state index contributed by atoms with van der Waals surface area (Å²) in [5, 5.41) is 0. The number of rotatable bonds is 5. The number of carbonyl (C=O) groups excluding carboxylic acids is 1. The minimum Gasteiger partial charge on any atom is -0.482 e. The summed E-state index contributed by atoms with van der Waals surface area (Å²) in [5.74, 6) is 0.811. The van der Waals surface area contributed by atoms with Gasteiger partial charge in [-0.15, -0.1) is 0 Å². The van der Waals surface area contributed by atoms with E-state index >= 15 is 0 Å². The van der Waals surface area contributed by atoms with Gasteiger partial charge in [-0.1, -0.05) is 80.4 Å². The Bertz CT molecular complexity index is 978. The van der Waals surface area contributed by atoms with E-state index in [1.807, 2.05) is 43.3 Å². The fourth-order valence-electron chi connectivity index (χ4n) is 3.10. The van der Waals surface area contributed by atoms with E-state index in [0.717, 1.165) is 22.3 Å². The van der Waals surface area contributed by atoms with Crippen LogP contribution in [0, 0.1) is 13.8 Å². The van der Waals surface area contributed by atoms with Crippen molar-refractivity contribution < 1.29 is 14.3 Å². The molecule has 0 saturated heterocycles. The Hall–Kier alpha value is -3.07. The molecular formula is C26H28O3. The molecule has 0 amide bonds. The van der Waals surface area contributed by atoms with Gasteiger partial charge in [0.2, 0.25) is 0 Å². The summed E-state index contributed by atoms with van der Waals surface area (Å²) in [7, 11) is 0. The highest BCUT2D eigenvalue weighted by atomic mass is 16.6. The molecule has 0 aliphatic heterocycles. The quantitative estimate of drug-likeness (QED) is 0.383. The lowest BCUT2D eigenvalue weighted by Crippen LogP contribution is -2.21. The maximum atomic E-state index is 12.3. The molecule has 3 aromatic carbocycles. The molecule has 0 N–H and O–H groups in total. The van der Waals surface area contributed by atoms with Crippen LogP contribution >= 0.6 is 0 Å². The molecule has 0 atom stereocenters. The first-order chi connectivity index (χ1) is 13.7. The molecule has 0 unspecified atom stereocenters. The molecule has 0 aromatic heterocycles. The van der Waals surface area contributed by atoms with Gasteiger partial charge in [0.15, 0.2) is 6.61 Å². The van der Waals surface area contributed by atoms with E-state index in [4.69, 9.17) is 9.47 Å². The van der Waals surface area contributed by atoms with Crippen molar-refractivity contribution >= 4 is 5.97 Å². The van der Waals surface area contributed by atoms with Crippen LogP contribution in [0.5, 0.6) is 11.5 Å². The average Bonchev–Trinajstić information content (AvgIpc) is 2.68. The lowest BCUT2D eigenvalue weighted by Gasteiger charge is -2.22. The first-order valence-electron chi connectivity index (χ1n) is 9.84. The van der Waals surface area contributed by atoms with Gasteiger partial charge in [0.25, 0.3) is 0 Å². The molecule has 0 bridgehead atoms. The molecule has 0 saturated carbocycles. The van der Waals surface area contributed by atoms with E-state index in [1.54, 1.807) is 0 Å². The molecule has 0 aliphatic rings. The molecule has 3 rings (SSSR count). The van der Waals surface area contributed by atoms with Gasteiger partial charge in [0.1, 0.15) is 11.5 Å². The summed E-state index contributed by atoms with van der Waals surface area (Å²) in [6.45, 7) is 10.3. The van der Waals surface area contributed by atoms with Gasteiger partial charge < -0.3 is 9.47 Å². The van der Waals surface area contributed by atoms with Gasteiger partial charge in [-0.2, -0.15) is 0 Å². The third kappa shape index (κ3) is 5.47. The Labute approximate surface area is 173 Å². The Kier molecular flexibility index (Phi) is 6.07. The molecule has 0 spiro atoms. The van der Waals surface area contributed by atoms with E-state index in [9.17, 15) is 4.79 Å². The fourth-order valence-corrected chi connectivity index (χ4v) is 3.10. The van der Waals surface area contributed by atoms with E-state index < -0.39 is 5.97 Å². The average molecular weight is 389 g/mol. The number of benzene rings is 3. The number of hydrogen-bond donors (Lipinski definition) is 0. The van der Waals surface area contributed by atoms with Gasteiger partial charge in [0.05, 0.1) is 0 Å². The van der Waals surface area contributed by atoms with Crippen LogP contribution in [0.25, 0.3) is 11.1 Å². The highest BCUT2D eigenvalue weighted by molar-refractivity contribution is 5.74. The highest BCUT2D eigenvalue weighted by Gasteiger charge is 2.21. The number of esters is 1. The summed E-state index contributed by atoms with van der Waals surface area (Å²) in [6.07, 6.45) is 0. The molecule has 0 heterocycles. The minimum absolute atomic E-state index is 0.117. The van der Waals surface area contributed by atoms with Crippen LogP contribution < -0.4 is 9.47 Å². The summed E-state index contributed by atoms with van der Waals surface area (Å²) in [5.41, 5.74) is 5.52. The third-order valence-electron chi connectivity index (χ3n) is 4.76. The summed E-state index contributed by atoms with van der Waals surface area (Å²) < 4.78 is 11.2. The standard InChI is InChI=1S/C26H28O3/c1-18-6-9-20(10-7-18)21-11-13-22(14-12-21)28-17-25(27)29-24-15-8-19(2)16-23(24)26(3,4)5/h6-16H,17H2,1-5H3. The van der Waals surface area contributed by atoms with E-state index in [0.29, 0.717) is 11.5 Å². The second-order valence-corrected chi connectivity index (χ2v) is 8.40. The molecule has 3 heteroatoms. The maximum Gasteiger partial charge on any atom is 0.349 e. The predicted octanol–water partition coefficient (Wildman–Crippen LogP) is 6.25. The van der Waals surface area contributed by atoms with Crippen molar-refractivity contribution in [2.75, 3.05) is 6.61 Å². The molecule has 0 aliphatic carbocycles. The predicted molar refractivity (Wildman–Crippen MR) is 118 cm³/mol. The van der Waals surface area contributed by atoms with Crippen LogP contribution in [-0.4, -0.2) is 12.6 Å². The number of ether oxygens (including phenoxy) is 2. The van der Waals surface area contributed by atoms with Crippen molar-refractivity contribution in [2.24, 2.45) is 0 Å². The summed E-state index contributed by atoms with van der Waals surface area (Å²) in [6, 6.07) is 21.9. The van der Waals surface area contributed by atoms with Crippen molar-refractivity contribution in [3.63, 3.8) is 0 Å². The monoisotopic (exact) mass is 388 g/mol. The second kappa shape index (κ2) is 8.52. The number of carbonyl (C=O) groups is 1. The molecule has 3 nitrogen and oxygen atoms in total. The van der Waals surface area contributed by atoms with Crippen molar-refractivity contribution in [1.29, 1.82) is 0 Å². The summed E-state index contributed by atoms with van der Waals surface area (Å²) >= 11 is 0. The van der Waals surface area contributed by atoms with Crippen LogP contribution in [0.2, 0.25) is 0 Å². The van der Waals surface area contributed by atoms with E-state index in [2.05, 4.69) is 58.0 Å². The Morgan fingerprint density at radius 3 is 1.93 bits per heavy atom. The van der Waals surface area contributed by atoms with Crippen molar-refractivity contribution in [3.05, 3.63) is 83.4 Å². The molecule has 29 heavy (non-hydrogen) atoms. The van der Waals surface area contributed by atoms with Crippen molar-refractivity contribution in [1.82, 2.24) is 0 Å². The third-order valence-corrected chi connectivity index (χ3v) is 4.76. The molecule has 0 fully saturated rings. The zero-order valence-corrected chi connectivity index (χ0v) is 17.8. The van der Waals surface area contributed by atoms with Gasteiger partial charge >= 0.3 is 5.97 Å². The normalized spacial score (nSPS) is 11.2. The summed E-state index contributed by atoms with van der Waals surface area (Å²) in [4.78, 5) is 12.3. The van der Waals surface area contributed by atoms with Crippen LogP contribution in [0.1, 0.15) is 37.5 Å². The molecule has 0 radical (unpaired) electrons. The van der Waals surface area contributed by atoms with Crippen LogP contribution in [0.4, 0.5) is 0 Å². The Balaban J connectivity index is 1.62. The van der Waals surface area contributed by atoms with Gasteiger partial charge in [0, 0.05) is 5.56 Å². The zero-order valence-electron chi connectivity index (χ0n) is 17.8. The van der Waals surface area contributed by atoms with Gasteiger partial charge in [-0.05, 0) is 48.6 Å². The number of aryl methyl sites for hydroxylation is 2. The molecule has 3 aromatic rings. The largest absolute Gasteiger partial charge is 0.482 e. The first kappa shape index (κ1) is 20.7. The topological polar surface area (TPSA) is 35.5 Å². The van der Waals surface area contributed by atoms with Gasteiger partial charge in [-0.3, -0.25) is 0 Å². The molecular weight excluding hydrogens is 360 g/mol. The maximum absolute atomic E-state index is 12.3. The van der Waals surface area contributed by atoms with Crippen molar-refractivity contribution in [2.45, 2.75) is 40.0 Å². The highest BCUT2D eigenvalue weighted by Crippen LogP contribution is 2.32. The van der Waals surface area contributed by atoms with Crippen LogP contribution in [0.3, 0.4) is 0 Å². The molecule has 150 valence electrons. The Morgan fingerprint density at radius 2 is 1.34 bits per heavy atom. The van der Waals surface area contributed by atoms with Crippen LogP contribution in [-0.2, 0) is 10.2 Å².